The molecule has 2 aliphatic heterocycles. The van der Waals surface area contributed by atoms with E-state index in [9.17, 15) is 4.79 Å². The van der Waals surface area contributed by atoms with Gasteiger partial charge in [0, 0.05) is 53.3 Å². The maximum Gasteiger partial charge on any atom is 0.254 e. The number of rotatable bonds is 7. The summed E-state index contributed by atoms with van der Waals surface area (Å²) in [7, 11) is 1.69. The van der Waals surface area contributed by atoms with E-state index in [-0.39, 0.29) is 24.0 Å². The smallest absolute Gasteiger partial charge is 0.254 e. The molecule has 3 atom stereocenters. The van der Waals surface area contributed by atoms with Crippen molar-refractivity contribution in [2.75, 3.05) is 7.11 Å². The zero-order valence-corrected chi connectivity index (χ0v) is 22.8. The molecule has 2 saturated heterocycles. The lowest BCUT2D eigenvalue weighted by Crippen LogP contribution is -2.40. The molecule has 0 radical (unpaired) electrons. The molecule has 0 aromatic carbocycles. The molecule has 6 heterocycles. The van der Waals surface area contributed by atoms with E-state index < -0.39 is 0 Å². The number of carbonyl (C=O) groups is 1. The number of methoxy groups -OCH3 is 1. The Bertz CT molecular complexity index is 1630. The fourth-order valence-corrected chi connectivity index (χ4v) is 7.16. The van der Waals surface area contributed by atoms with Crippen LogP contribution in [0.3, 0.4) is 0 Å². The Kier molecular flexibility index (Phi) is 5.15. The summed E-state index contributed by atoms with van der Waals surface area (Å²) < 4.78 is 10.5. The normalized spacial score (nSPS) is 24.4. The number of aromatic nitrogens is 4. The van der Waals surface area contributed by atoms with Crippen LogP contribution in [0, 0.1) is 5.92 Å². The molecule has 2 bridgehead atoms. The minimum Gasteiger partial charge on any atom is -0.482 e. The Morgan fingerprint density at radius 1 is 1.08 bits per heavy atom. The molecule has 0 unspecified atom stereocenters. The van der Waals surface area contributed by atoms with E-state index in [1.54, 1.807) is 7.11 Å². The van der Waals surface area contributed by atoms with Gasteiger partial charge in [0.05, 0.1) is 18.5 Å². The number of pyridine rings is 2. The van der Waals surface area contributed by atoms with Gasteiger partial charge < -0.3 is 19.9 Å². The van der Waals surface area contributed by atoms with Crippen molar-refractivity contribution in [1.82, 2.24) is 23.8 Å². The summed E-state index contributed by atoms with van der Waals surface area (Å²) in [5, 5.41) is 1.16. The molecular formula is C31H36N6O2. The minimum absolute atomic E-state index is 0.0490. The first-order valence-corrected chi connectivity index (χ1v) is 14.7. The summed E-state index contributed by atoms with van der Waals surface area (Å²) in [5.41, 5.74) is 13.3. The molecule has 202 valence electrons. The molecular weight excluding hydrogens is 488 g/mol. The van der Waals surface area contributed by atoms with Crippen molar-refractivity contribution in [1.29, 1.82) is 0 Å². The highest BCUT2D eigenvalue weighted by atomic mass is 16.5. The summed E-state index contributed by atoms with van der Waals surface area (Å²) in [6.07, 6.45) is 8.68. The first kappa shape index (κ1) is 23.5. The number of hydrogen-bond donors (Lipinski definition) is 1. The van der Waals surface area contributed by atoms with Crippen LogP contribution in [0.2, 0.25) is 0 Å². The van der Waals surface area contributed by atoms with Crippen LogP contribution in [0.25, 0.3) is 28.1 Å². The standard InChI is InChI=1S/C31H36N6O2/c1-3-21-9-8-19-12-25(35(30(19)33-21)16-17-4-5-17)28-29(18-6-7-18)37-26(34-28)13-20(14-27(37)39-2)31(38)36-22-10-11-24(36)23(32)15-22/h8-9,12-14,17-18,22-24H,3-7,10-11,15-16,32H2,1-2H3/t22-,23+,24+/m0/s1. The molecule has 2 saturated carbocycles. The van der Waals surface area contributed by atoms with Gasteiger partial charge in [-0.1, -0.05) is 6.92 Å². The van der Waals surface area contributed by atoms with E-state index in [0.717, 1.165) is 78.8 Å². The fourth-order valence-electron chi connectivity index (χ4n) is 7.16. The molecule has 8 rings (SSSR count). The zero-order chi connectivity index (χ0) is 26.4. The molecule has 4 aromatic rings. The highest BCUT2D eigenvalue weighted by Crippen LogP contribution is 2.47. The van der Waals surface area contributed by atoms with Gasteiger partial charge in [0.1, 0.15) is 17.0 Å². The maximum absolute atomic E-state index is 13.8. The first-order valence-electron chi connectivity index (χ1n) is 14.7. The molecule has 4 aromatic heterocycles. The van der Waals surface area contributed by atoms with E-state index in [1.165, 1.54) is 18.5 Å². The summed E-state index contributed by atoms with van der Waals surface area (Å²) in [6.45, 7) is 3.12. The van der Waals surface area contributed by atoms with E-state index >= 15 is 0 Å². The third kappa shape index (κ3) is 3.64. The second-order valence-electron chi connectivity index (χ2n) is 12.2. The monoisotopic (exact) mass is 524 g/mol. The molecule has 8 heteroatoms. The van der Waals surface area contributed by atoms with E-state index in [1.807, 2.05) is 17.0 Å². The van der Waals surface area contributed by atoms with Gasteiger partial charge in [0.15, 0.2) is 5.88 Å². The number of hydrogen-bond acceptors (Lipinski definition) is 5. The average molecular weight is 525 g/mol. The molecule has 0 spiro atoms. The summed E-state index contributed by atoms with van der Waals surface area (Å²) >= 11 is 0. The Morgan fingerprint density at radius 2 is 1.92 bits per heavy atom. The molecule has 4 fully saturated rings. The second kappa shape index (κ2) is 8.55. The topological polar surface area (TPSA) is 90.7 Å². The van der Waals surface area contributed by atoms with Gasteiger partial charge >= 0.3 is 0 Å². The van der Waals surface area contributed by atoms with Crippen LogP contribution in [-0.4, -0.2) is 55.0 Å². The van der Waals surface area contributed by atoms with Crippen LogP contribution >= 0.6 is 0 Å². The van der Waals surface area contributed by atoms with Crippen LogP contribution in [0.15, 0.2) is 30.3 Å². The number of carbonyl (C=O) groups excluding carboxylic acids is 1. The summed E-state index contributed by atoms with van der Waals surface area (Å²) in [4.78, 5) is 26.1. The van der Waals surface area contributed by atoms with Gasteiger partial charge in [-0.2, -0.15) is 0 Å². The van der Waals surface area contributed by atoms with Crippen LogP contribution < -0.4 is 10.5 Å². The second-order valence-corrected chi connectivity index (χ2v) is 12.2. The number of imidazole rings is 1. The van der Waals surface area contributed by atoms with Crippen molar-refractivity contribution in [2.24, 2.45) is 11.7 Å². The van der Waals surface area contributed by atoms with E-state index in [0.29, 0.717) is 23.3 Å². The number of nitrogens with zero attached hydrogens (tertiary/aromatic N) is 5. The predicted octanol–water partition coefficient (Wildman–Crippen LogP) is 4.91. The SMILES string of the molecule is CCc1ccc2cc(-c3nc4cc(C(=O)N5[C@H]6CC[C@@H]5[C@H](N)C6)cc(OC)n4c3C3CC3)n(CC3CC3)c2n1. The summed E-state index contributed by atoms with van der Waals surface area (Å²) in [6, 6.07) is 10.9. The third-order valence-corrected chi connectivity index (χ3v) is 9.51. The van der Waals surface area contributed by atoms with Crippen molar-refractivity contribution < 1.29 is 9.53 Å². The number of amides is 1. The van der Waals surface area contributed by atoms with Gasteiger partial charge in [0.2, 0.25) is 0 Å². The highest BCUT2D eigenvalue weighted by Gasteiger charge is 2.47. The zero-order valence-electron chi connectivity index (χ0n) is 22.8. The van der Waals surface area contributed by atoms with Gasteiger partial charge in [0.25, 0.3) is 5.91 Å². The highest BCUT2D eigenvalue weighted by molar-refractivity contribution is 5.97. The van der Waals surface area contributed by atoms with Crippen LogP contribution in [0.5, 0.6) is 5.88 Å². The molecule has 2 aliphatic carbocycles. The number of fused-ring (bicyclic) bond motifs is 4. The van der Waals surface area contributed by atoms with E-state index in [2.05, 4.69) is 34.1 Å². The molecule has 2 N–H and O–H groups in total. The molecule has 8 nitrogen and oxygen atoms in total. The average Bonchev–Trinajstić information content (AvgIpc) is 3.83. The van der Waals surface area contributed by atoms with Crippen molar-refractivity contribution in [3.8, 4) is 17.3 Å². The van der Waals surface area contributed by atoms with Crippen LogP contribution in [0.1, 0.15) is 79.5 Å². The Labute approximate surface area is 228 Å². The van der Waals surface area contributed by atoms with E-state index in [4.69, 9.17) is 20.4 Å². The van der Waals surface area contributed by atoms with Crippen molar-refractivity contribution in [2.45, 2.75) is 88.9 Å². The van der Waals surface area contributed by atoms with Crippen molar-refractivity contribution >= 4 is 22.6 Å². The van der Waals surface area contributed by atoms with Crippen molar-refractivity contribution in [3.05, 3.63) is 47.3 Å². The molecule has 4 aliphatic rings. The first-order chi connectivity index (χ1) is 19.0. The lowest BCUT2D eigenvalue weighted by molar-refractivity contribution is 0.0726. The fraction of sp³-hybridized carbons (Fsp3) is 0.516. The Balaban J connectivity index is 1.30. The third-order valence-electron chi connectivity index (χ3n) is 9.51. The van der Waals surface area contributed by atoms with Gasteiger partial charge in [-0.3, -0.25) is 9.20 Å². The summed E-state index contributed by atoms with van der Waals surface area (Å²) in [5.74, 6) is 1.86. The quantitative estimate of drug-likeness (QED) is 0.371. The predicted molar refractivity (Wildman–Crippen MR) is 150 cm³/mol. The van der Waals surface area contributed by atoms with Gasteiger partial charge in [-0.15, -0.1) is 0 Å². The number of aryl methyl sites for hydroxylation is 1. The maximum atomic E-state index is 13.8. The molecule has 39 heavy (non-hydrogen) atoms. The van der Waals surface area contributed by atoms with Crippen LogP contribution in [-0.2, 0) is 13.0 Å². The van der Waals surface area contributed by atoms with Gasteiger partial charge in [-0.25, -0.2) is 9.97 Å². The number of ether oxygens (including phenoxy) is 1. The minimum atomic E-state index is 0.0490. The van der Waals surface area contributed by atoms with Gasteiger partial charge in [-0.05, 0) is 81.5 Å². The van der Waals surface area contributed by atoms with Crippen LogP contribution in [0.4, 0.5) is 0 Å². The lowest BCUT2D eigenvalue weighted by Gasteiger charge is -2.23. The van der Waals surface area contributed by atoms with Crippen molar-refractivity contribution in [3.63, 3.8) is 0 Å². The molecule has 1 amide bonds. The Hall–Kier alpha value is -3.39. The lowest BCUT2D eigenvalue weighted by atomic mass is 9.97. The largest absolute Gasteiger partial charge is 0.482 e. The Morgan fingerprint density at radius 3 is 2.59 bits per heavy atom. The number of nitrogens with two attached hydrogens (primary N) is 1.